The second kappa shape index (κ2) is 9.08. The quantitative estimate of drug-likeness (QED) is 0.669. The van der Waals surface area contributed by atoms with Gasteiger partial charge in [-0.2, -0.15) is 0 Å². The first kappa shape index (κ1) is 19.5. The molecule has 0 spiro atoms. The van der Waals surface area contributed by atoms with E-state index in [4.69, 9.17) is 0 Å². The molecular weight excluding hydrogens is 355 g/mol. The van der Waals surface area contributed by atoms with Gasteiger partial charge in [0.2, 0.25) is 5.91 Å². The van der Waals surface area contributed by atoms with Gasteiger partial charge in [0.25, 0.3) is 0 Å². The summed E-state index contributed by atoms with van der Waals surface area (Å²) in [6.45, 7) is 4.93. The molecule has 1 amide bonds. The van der Waals surface area contributed by atoms with Crippen molar-refractivity contribution in [1.29, 1.82) is 0 Å². The summed E-state index contributed by atoms with van der Waals surface area (Å²) in [6.07, 6.45) is 0.149. The standard InChI is InChI=1S/C22H23FN4O/c1-16(2)27(15-18-6-4-3-5-7-18)21-13-12-20(25-26-21)24-22(28)14-17-8-10-19(23)11-9-17/h3-13,16H,14-15H2,1-2H3,(H,24,25,28). The number of benzene rings is 2. The number of nitrogens with one attached hydrogen (secondary N) is 1. The maximum atomic E-state index is 12.9. The number of rotatable bonds is 7. The minimum absolute atomic E-state index is 0.149. The first-order chi connectivity index (χ1) is 13.5. The number of nitrogens with zero attached hydrogens (tertiary/aromatic N) is 3. The number of carbonyl (C=O) groups is 1. The van der Waals surface area contributed by atoms with Gasteiger partial charge in [0, 0.05) is 12.6 Å². The molecule has 28 heavy (non-hydrogen) atoms. The molecule has 0 fully saturated rings. The van der Waals surface area contributed by atoms with Crippen molar-refractivity contribution in [2.45, 2.75) is 32.9 Å². The Labute approximate surface area is 164 Å². The summed E-state index contributed by atoms with van der Waals surface area (Å²) < 4.78 is 12.9. The van der Waals surface area contributed by atoms with E-state index >= 15 is 0 Å². The van der Waals surface area contributed by atoms with Crippen LogP contribution in [0.4, 0.5) is 16.0 Å². The third-order valence-corrected chi connectivity index (χ3v) is 4.31. The first-order valence-corrected chi connectivity index (χ1v) is 9.20. The smallest absolute Gasteiger partial charge is 0.229 e. The summed E-state index contributed by atoms with van der Waals surface area (Å²) in [5.74, 6) is 0.587. The SMILES string of the molecule is CC(C)N(Cc1ccccc1)c1ccc(NC(=O)Cc2ccc(F)cc2)nn1. The van der Waals surface area contributed by atoms with Crippen LogP contribution in [0.15, 0.2) is 66.7 Å². The Balaban J connectivity index is 1.64. The highest BCUT2D eigenvalue weighted by atomic mass is 19.1. The van der Waals surface area contributed by atoms with Gasteiger partial charge in [-0.05, 0) is 49.2 Å². The van der Waals surface area contributed by atoms with E-state index in [-0.39, 0.29) is 24.2 Å². The molecule has 0 saturated heterocycles. The van der Waals surface area contributed by atoms with Crippen LogP contribution in [0, 0.1) is 5.82 Å². The summed E-state index contributed by atoms with van der Waals surface area (Å²) in [5.41, 5.74) is 1.92. The van der Waals surface area contributed by atoms with E-state index in [1.165, 1.54) is 17.7 Å². The fourth-order valence-electron chi connectivity index (χ4n) is 2.83. The Morgan fingerprint density at radius 1 is 0.964 bits per heavy atom. The summed E-state index contributed by atoms with van der Waals surface area (Å²) in [4.78, 5) is 14.3. The van der Waals surface area contributed by atoms with E-state index in [1.807, 2.05) is 24.3 Å². The molecule has 1 aromatic heterocycles. The fraction of sp³-hybridized carbons (Fsp3) is 0.227. The third kappa shape index (κ3) is 5.36. The van der Waals surface area contributed by atoms with E-state index in [0.29, 0.717) is 5.82 Å². The average molecular weight is 378 g/mol. The molecule has 144 valence electrons. The van der Waals surface area contributed by atoms with Crippen LogP contribution in [0.3, 0.4) is 0 Å². The van der Waals surface area contributed by atoms with Crippen molar-refractivity contribution in [2.75, 3.05) is 10.2 Å². The van der Waals surface area contributed by atoms with Crippen LogP contribution in [0.2, 0.25) is 0 Å². The van der Waals surface area contributed by atoms with Gasteiger partial charge in [0.1, 0.15) is 5.82 Å². The van der Waals surface area contributed by atoms with Crippen LogP contribution in [-0.4, -0.2) is 22.1 Å². The first-order valence-electron chi connectivity index (χ1n) is 9.20. The van der Waals surface area contributed by atoms with Gasteiger partial charge in [0.05, 0.1) is 6.42 Å². The molecule has 0 aliphatic carbocycles. The van der Waals surface area contributed by atoms with Crippen molar-refractivity contribution >= 4 is 17.5 Å². The highest BCUT2D eigenvalue weighted by molar-refractivity contribution is 5.91. The molecule has 1 N–H and O–H groups in total. The van der Waals surface area contributed by atoms with Crippen LogP contribution >= 0.6 is 0 Å². The van der Waals surface area contributed by atoms with Gasteiger partial charge < -0.3 is 10.2 Å². The molecule has 3 aromatic rings. The fourth-order valence-corrected chi connectivity index (χ4v) is 2.83. The molecule has 0 unspecified atom stereocenters. The lowest BCUT2D eigenvalue weighted by Crippen LogP contribution is -2.31. The predicted molar refractivity (Wildman–Crippen MR) is 109 cm³/mol. The Hall–Kier alpha value is -3.28. The molecule has 0 aliphatic rings. The second-order valence-corrected chi connectivity index (χ2v) is 6.84. The van der Waals surface area contributed by atoms with Crippen molar-refractivity contribution < 1.29 is 9.18 Å². The Kier molecular flexibility index (Phi) is 6.32. The Morgan fingerprint density at radius 3 is 2.29 bits per heavy atom. The molecule has 0 atom stereocenters. The molecule has 2 aromatic carbocycles. The van der Waals surface area contributed by atoms with E-state index in [1.54, 1.807) is 18.2 Å². The van der Waals surface area contributed by atoms with E-state index < -0.39 is 0 Å². The monoisotopic (exact) mass is 378 g/mol. The number of aromatic nitrogens is 2. The third-order valence-electron chi connectivity index (χ3n) is 4.31. The summed E-state index contributed by atoms with van der Waals surface area (Å²) in [5, 5.41) is 11.1. The van der Waals surface area contributed by atoms with E-state index in [2.05, 4.69) is 46.4 Å². The van der Waals surface area contributed by atoms with Crippen LogP contribution < -0.4 is 10.2 Å². The summed E-state index contributed by atoms with van der Waals surface area (Å²) in [7, 11) is 0. The number of halogens is 1. The molecule has 0 saturated carbocycles. The lowest BCUT2D eigenvalue weighted by atomic mass is 10.1. The molecular formula is C22H23FN4O. The molecule has 3 rings (SSSR count). The van der Waals surface area contributed by atoms with Crippen LogP contribution in [0.1, 0.15) is 25.0 Å². The zero-order valence-corrected chi connectivity index (χ0v) is 16.0. The van der Waals surface area contributed by atoms with Gasteiger partial charge in [0.15, 0.2) is 11.6 Å². The van der Waals surface area contributed by atoms with Crippen molar-refractivity contribution in [3.8, 4) is 0 Å². The minimum atomic E-state index is -0.323. The van der Waals surface area contributed by atoms with Crippen LogP contribution in [-0.2, 0) is 17.8 Å². The van der Waals surface area contributed by atoms with Crippen molar-refractivity contribution in [3.63, 3.8) is 0 Å². The zero-order valence-electron chi connectivity index (χ0n) is 16.0. The average Bonchev–Trinajstić information content (AvgIpc) is 2.69. The number of hydrogen-bond acceptors (Lipinski definition) is 4. The highest BCUT2D eigenvalue weighted by Crippen LogP contribution is 2.18. The Morgan fingerprint density at radius 2 is 1.68 bits per heavy atom. The number of hydrogen-bond donors (Lipinski definition) is 1. The number of carbonyl (C=O) groups excluding carboxylic acids is 1. The largest absolute Gasteiger partial charge is 0.348 e. The van der Waals surface area contributed by atoms with Gasteiger partial charge in [-0.1, -0.05) is 42.5 Å². The van der Waals surface area contributed by atoms with Crippen molar-refractivity contribution in [1.82, 2.24) is 10.2 Å². The number of amides is 1. The normalized spacial score (nSPS) is 10.7. The van der Waals surface area contributed by atoms with Gasteiger partial charge in [-0.3, -0.25) is 4.79 Å². The maximum Gasteiger partial charge on any atom is 0.229 e. The molecule has 0 bridgehead atoms. The topological polar surface area (TPSA) is 58.1 Å². The lowest BCUT2D eigenvalue weighted by Gasteiger charge is -2.27. The number of anilines is 2. The molecule has 5 nitrogen and oxygen atoms in total. The Bertz CT molecular complexity index is 896. The molecule has 1 heterocycles. The van der Waals surface area contributed by atoms with Gasteiger partial charge in [-0.25, -0.2) is 4.39 Å². The van der Waals surface area contributed by atoms with E-state index in [0.717, 1.165) is 17.9 Å². The second-order valence-electron chi connectivity index (χ2n) is 6.84. The molecule has 0 aliphatic heterocycles. The van der Waals surface area contributed by atoms with Gasteiger partial charge in [-0.15, -0.1) is 10.2 Å². The van der Waals surface area contributed by atoms with Gasteiger partial charge >= 0.3 is 0 Å². The van der Waals surface area contributed by atoms with Crippen LogP contribution in [0.5, 0.6) is 0 Å². The van der Waals surface area contributed by atoms with E-state index in [9.17, 15) is 9.18 Å². The van der Waals surface area contributed by atoms with Crippen molar-refractivity contribution in [2.24, 2.45) is 0 Å². The minimum Gasteiger partial charge on any atom is -0.348 e. The molecule has 0 radical (unpaired) electrons. The molecule has 6 heteroatoms. The van der Waals surface area contributed by atoms with Crippen molar-refractivity contribution in [3.05, 3.63) is 83.7 Å². The highest BCUT2D eigenvalue weighted by Gasteiger charge is 2.14. The maximum absolute atomic E-state index is 12.9. The predicted octanol–water partition coefficient (Wildman–Crippen LogP) is 4.21. The summed E-state index contributed by atoms with van der Waals surface area (Å²) >= 11 is 0. The summed E-state index contributed by atoms with van der Waals surface area (Å²) in [6, 6.07) is 19.9. The van der Waals surface area contributed by atoms with Crippen LogP contribution in [0.25, 0.3) is 0 Å². The lowest BCUT2D eigenvalue weighted by molar-refractivity contribution is -0.115. The zero-order chi connectivity index (χ0) is 19.9.